The molecule has 0 amide bonds. The second kappa shape index (κ2) is 3.76. The van der Waals surface area contributed by atoms with Crippen LogP contribution in [0.4, 0.5) is 0 Å². The van der Waals surface area contributed by atoms with Crippen LogP contribution in [0.1, 0.15) is 24.5 Å². The van der Waals surface area contributed by atoms with Crippen LogP contribution >= 0.6 is 11.6 Å². The Morgan fingerprint density at radius 3 is 2.67 bits per heavy atom. The number of aromatic nitrogens is 1. The molecule has 3 heteroatoms. The van der Waals surface area contributed by atoms with Crippen molar-refractivity contribution < 1.29 is 0 Å². The third-order valence-electron chi connectivity index (χ3n) is 3.77. The normalized spacial score (nSPS) is 34.3. The summed E-state index contributed by atoms with van der Waals surface area (Å²) in [5.74, 6) is 1.45. The molecule has 1 aromatic rings. The van der Waals surface area contributed by atoms with Gasteiger partial charge in [0.25, 0.3) is 0 Å². The molecule has 0 aromatic carbocycles. The van der Waals surface area contributed by atoms with E-state index in [2.05, 4.69) is 16.0 Å². The molecule has 1 aromatic heterocycles. The van der Waals surface area contributed by atoms with Crippen molar-refractivity contribution >= 4 is 11.6 Å². The van der Waals surface area contributed by atoms with Crippen molar-refractivity contribution in [1.82, 2.24) is 9.88 Å². The fraction of sp³-hybridized carbons (Fsp3) is 0.583. The van der Waals surface area contributed by atoms with Crippen LogP contribution in [-0.2, 0) is 0 Å². The molecule has 80 valence electrons. The van der Waals surface area contributed by atoms with Gasteiger partial charge in [-0.3, -0.25) is 0 Å². The third-order valence-corrected chi connectivity index (χ3v) is 3.98. The fourth-order valence-electron chi connectivity index (χ4n) is 2.93. The predicted octanol–water partition coefficient (Wildman–Crippen LogP) is 2.54. The van der Waals surface area contributed by atoms with E-state index >= 15 is 0 Å². The van der Waals surface area contributed by atoms with E-state index in [4.69, 9.17) is 11.6 Å². The summed E-state index contributed by atoms with van der Waals surface area (Å²) in [6, 6.07) is 5.99. The van der Waals surface area contributed by atoms with Crippen LogP contribution in [0.15, 0.2) is 18.2 Å². The second-order valence-corrected chi connectivity index (χ2v) is 5.02. The monoisotopic (exact) mass is 222 g/mol. The summed E-state index contributed by atoms with van der Waals surface area (Å²) in [7, 11) is 0. The molecule has 0 saturated carbocycles. The maximum absolute atomic E-state index is 5.94. The van der Waals surface area contributed by atoms with Gasteiger partial charge in [0, 0.05) is 18.2 Å². The van der Waals surface area contributed by atoms with Crippen LogP contribution in [0.5, 0.6) is 0 Å². The van der Waals surface area contributed by atoms with Crippen molar-refractivity contribution in [2.75, 3.05) is 19.6 Å². The highest BCUT2D eigenvalue weighted by Crippen LogP contribution is 2.38. The largest absolute Gasteiger partial charge is 0.303 e. The molecule has 0 N–H and O–H groups in total. The predicted molar refractivity (Wildman–Crippen MR) is 61.2 cm³/mol. The van der Waals surface area contributed by atoms with E-state index in [1.807, 2.05) is 12.1 Å². The summed E-state index contributed by atoms with van der Waals surface area (Å²) < 4.78 is 0. The average molecular weight is 223 g/mol. The standard InChI is InChI=1S/C12H15ClN2/c13-12-3-1-2-11(14-12)10-8-15-6-4-9(10)5-7-15/h1-3,9-10H,4-8H2. The number of nitrogens with zero attached hydrogens (tertiary/aromatic N) is 2. The smallest absolute Gasteiger partial charge is 0.129 e. The lowest BCUT2D eigenvalue weighted by Gasteiger charge is -2.44. The SMILES string of the molecule is Clc1cccc(C2CN3CCC2CC3)n1. The van der Waals surface area contributed by atoms with Gasteiger partial charge < -0.3 is 4.90 Å². The number of rotatable bonds is 1. The summed E-state index contributed by atoms with van der Waals surface area (Å²) in [6.45, 7) is 3.74. The topological polar surface area (TPSA) is 16.1 Å². The highest BCUT2D eigenvalue weighted by Gasteiger charge is 2.35. The maximum atomic E-state index is 5.94. The zero-order valence-electron chi connectivity index (χ0n) is 8.69. The van der Waals surface area contributed by atoms with E-state index in [0.717, 1.165) is 5.92 Å². The summed E-state index contributed by atoms with van der Waals surface area (Å²) >= 11 is 5.94. The zero-order valence-corrected chi connectivity index (χ0v) is 9.45. The lowest BCUT2D eigenvalue weighted by molar-refractivity contribution is 0.0854. The molecule has 2 bridgehead atoms. The Bertz CT molecular complexity index is 358. The van der Waals surface area contributed by atoms with Crippen molar-refractivity contribution in [3.63, 3.8) is 0 Å². The van der Waals surface area contributed by atoms with Crippen LogP contribution in [0.2, 0.25) is 5.15 Å². The Morgan fingerprint density at radius 2 is 2.07 bits per heavy atom. The molecule has 15 heavy (non-hydrogen) atoms. The molecule has 1 unspecified atom stereocenters. The first-order valence-electron chi connectivity index (χ1n) is 5.68. The molecule has 3 fully saturated rings. The van der Waals surface area contributed by atoms with E-state index in [-0.39, 0.29) is 0 Å². The lowest BCUT2D eigenvalue weighted by atomic mass is 9.77. The zero-order chi connectivity index (χ0) is 10.3. The van der Waals surface area contributed by atoms with Gasteiger partial charge in [0.1, 0.15) is 5.15 Å². The Balaban J connectivity index is 1.88. The van der Waals surface area contributed by atoms with Gasteiger partial charge in [-0.05, 0) is 44.0 Å². The average Bonchev–Trinajstić information content (AvgIpc) is 2.30. The quantitative estimate of drug-likeness (QED) is 0.679. The first kappa shape index (κ1) is 9.61. The maximum Gasteiger partial charge on any atom is 0.129 e. The van der Waals surface area contributed by atoms with Gasteiger partial charge in [0.2, 0.25) is 0 Å². The van der Waals surface area contributed by atoms with Crippen LogP contribution < -0.4 is 0 Å². The summed E-state index contributed by atoms with van der Waals surface area (Å²) in [5.41, 5.74) is 1.19. The molecule has 0 aliphatic carbocycles. The van der Waals surface area contributed by atoms with Crippen molar-refractivity contribution in [3.05, 3.63) is 29.0 Å². The highest BCUT2D eigenvalue weighted by atomic mass is 35.5. The molecule has 2 nitrogen and oxygen atoms in total. The van der Waals surface area contributed by atoms with Crippen LogP contribution in [0.25, 0.3) is 0 Å². The van der Waals surface area contributed by atoms with E-state index < -0.39 is 0 Å². The highest BCUT2D eigenvalue weighted by molar-refractivity contribution is 6.29. The molecule has 0 spiro atoms. The first-order chi connectivity index (χ1) is 7.33. The van der Waals surface area contributed by atoms with Gasteiger partial charge in [0.05, 0.1) is 0 Å². The molecule has 1 atom stereocenters. The Morgan fingerprint density at radius 1 is 1.27 bits per heavy atom. The molecule has 3 aliphatic heterocycles. The fourth-order valence-corrected chi connectivity index (χ4v) is 3.10. The number of pyridine rings is 1. The van der Waals surface area contributed by atoms with Gasteiger partial charge >= 0.3 is 0 Å². The van der Waals surface area contributed by atoms with E-state index in [1.54, 1.807) is 0 Å². The molecular formula is C12H15ClN2. The molecule has 4 rings (SSSR count). The summed E-state index contributed by atoms with van der Waals surface area (Å²) in [6.07, 6.45) is 2.66. The lowest BCUT2D eigenvalue weighted by Crippen LogP contribution is -2.46. The Kier molecular flexibility index (Phi) is 2.41. The number of piperidine rings is 3. The Hall–Kier alpha value is -0.600. The van der Waals surface area contributed by atoms with E-state index in [0.29, 0.717) is 11.1 Å². The number of halogens is 1. The Labute approximate surface area is 95.3 Å². The van der Waals surface area contributed by atoms with Gasteiger partial charge in [-0.25, -0.2) is 4.98 Å². The minimum atomic E-state index is 0.617. The summed E-state index contributed by atoms with van der Waals surface area (Å²) in [5, 5.41) is 0.629. The van der Waals surface area contributed by atoms with Crippen molar-refractivity contribution in [2.45, 2.75) is 18.8 Å². The van der Waals surface area contributed by atoms with Crippen LogP contribution in [-0.4, -0.2) is 29.5 Å². The molecule has 3 aliphatic rings. The van der Waals surface area contributed by atoms with Gasteiger partial charge in [-0.15, -0.1) is 0 Å². The number of hydrogen-bond donors (Lipinski definition) is 0. The van der Waals surface area contributed by atoms with E-state index in [1.165, 1.54) is 38.2 Å². The van der Waals surface area contributed by atoms with Gasteiger partial charge in [0.15, 0.2) is 0 Å². The number of fused-ring (bicyclic) bond motifs is 3. The van der Waals surface area contributed by atoms with Gasteiger partial charge in [-0.2, -0.15) is 0 Å². The van der Waals surface area contributed by atoms with Crippen LogP contribution in [0, 0.1) is 5.92 Å². The van der Waals surface area contributed by atoms with Crippen molar-refractivity contribution in [3.8, 4) is 0 Å². The van der Waals surface area contributed by atoms with Gasteiger partial charge in [-0.1, -0.05) is 17.7 Å². The number of hydrogen-bond acceptors (Lipinski definition) is 2. The third kappa shape index (κ3) is 1.77. The van der Waals surface area contributed by atoms with Crippen LogP contribution in [0.3, 0.4) is 0 Å². The molecule has 0 radical (unpaired) electrons. The minimum Gasteiger partial charge on any atom is -0.303 e. The van der Waals surface area contributed by atoms with Crippen molar-refractivity contribution in [1.29, 1.82) is 0 Å². The molecule has 3 saturated heterocycles. The minimum absolute atomic E-state index is 0.617. The second-order valence-electron chi connectivity index (χ2n) is 4.63. The molecule has 4 heterocycles. The molecular weight excluding hydrogens is 208 g/mol. The first-order valence-corrected chi connectivity index (χ1v) is 6.05. The van der Waals surface area contributed by atoms with Crippen molar-refractivity contribution in [2.24, 2.45) is 5.92 Å². The van der Waals surface area contributed by atoms with E-state index in [9.17, 15) is 0 Å². The summed E-state index contributed by atoms with van der Waals surface area (Å²) in [4.78, 5) is 7.00.